The van der Waals surface area contributed by atoms with Gasteiger partial charge < -0.3 is 0 Å². The Labute approximate surface area is 78.5 Å². The molecular formula is C9H13NSn. The third kappa shape index (κ3) is 3.75. The van der Waals surface area contributed by atoms with Crippen LogP contribution in [0.5, 0.6) is 0 Å². The van der Waals surface area contributed by atoms with Crippen LogP contribution < -0.4 is 3.58 Å². The van der Waals surface area contributed by atoms with Crippen molar-refractivity contribution in [1.82, 2.24) is 4.98 Å². The Morgan fingerprint density at radius 2 is 1.73 bits per heavy atom. The van der Waals surface area contributed by atoms with Crippen molar-refractivity contribution >= 4 is 24.7 Å². The predicted molar refractivity (Wildman–Crippen MR) is 49.3 cm³/mol. The number of nitrogens with zero attached hydrogens (tertiary/aromatic N) is 1. The molecule has 1 aromatic heterocycles. The summed E-state index contributed by atoms with van der Waals surface area (Å²) in [4.78, 5) is 4.00. The molecule has 0 spiro atoms. The fourth-order valence-electron chi connectivity index (χ4n) is 0.868. The molecule has 11 heavy (non-hydrogen) atoms. The normalized spacial score (nSPS) is 11.5. The van der Waals surface area contributed by atoms with Crippen molar-refractivity contribution in [1.29, 1.82) is 0 Å². The maximum absolute atomic E-state index is 4.00. The second-order valence-electron chi connectivity index (χ2n) is 3.61. The van der Waals surface area contributed by atoms with E-state index in [1.165, 1.54) is 3.58 Å². The molecule has 0 fully saturated rings. The summed E-state index contributed by atoms with van der Waals surface area (Å²) in [6, 6.07) is 4.30. The summed E-state index contributed by atoms with van der Waals surface area (Å²) in [6.45, 7) is 6.96. The van der Waals surface area contributed by atoms with Gasteiger partial charge in [-0.05, 0) is 0 Å². The van der Waals surface area contributed by atoms with Crippen LogP contribution in [0.1, 0.15) is 20.8 Å². The molecule has 58 valence electrons. The van der Waals surface area contributed by atoms with Gasteiger partial charge in [0, 0.05) is 0 Å². The Kier molecular flexibility index (Phi) is 2.93. The number of aromatic nitrogens is 1. The van der Waals surface area contributed by atoms with Crippen LogP contribution in [0.4, 0.5) is 0 Å². The number of hydrogen-bond donors (Lipinski definition) is 0. The fraction of sp³-hybridized carbons (Fsp3) is 0.444. The van der Waals surface area contributed by atoms with Crippen molar-refractivity contribution in [3.8, 4) is 0 Å². The third-order valence-corrected chi connectivity index (χ3v) is 5.12. The standard InChI is InChI=1S/C5H4N.C4H9.Sn/c1-2-4-6-5-3-1;1-4(2)3;/h2-5H;1-3H3;. The molecule has 1 rings (SSSR count). The Morgan fingerprint density at radius 1 is 1.18 bits per heavy atom. The van der Waals surface area contributed by atoms with Gasteiger partial charge in [0.2, 0.25) is 0 Å². The van der Waals surface area contributed by atoms with E-state index in [0.29, 0.717) is 3.43 Å². The molecule has 0 aliphatic carbocycles. The second kappa shape index (κ2) is 3.57. The molecule has 0 unspecified atom stereocenters. The van der Waals surface area contributed by atoms with Gasteiger partial charge in [0.1, 0.15) is 0 Å². The van der Waals surface area contributed by atoms with Crippen molar-refractivity contribution in [3.05, 3.63) is 24.5 Å². The van der Waals surface area contributed by atoms with Crippen LogP contribution >= 0.6 is 0 Å². The first-order chi connectivity index (χ1) is 5.08. The van der Waals surface area contributed by atoms with Gasteiger partial charge >= 0.3 is 78.4 Å². The second-order valence-corrected chi connectivity index (χ2v) is 10.3. The molecule has 0 N–H and O–H groups in total. The molecular weight excluding hydrogens is 241 g/mol. The van der Waals surface area contributed by atoms with E-state index in [1.54, 1.807) is 0 Å². The zero-order chi connectivity index (χ0) is 8.32. The number of rotatable bonds is 1. The van der Waals surface area contributed by atoms with Crippen LogP contribution in [-0.4, -0.2) is 26.1 Å². The number of hydrogen-bond acceptors (Lipinski definition) is 1. The Bertz CT molecular complexity index is 213. The topological polar surface area (TPSA) is 12.9 Å². The van der Waals surface area contributed by atoms with E-state index in [-0.39, 0.29) is 21.1 Å². The van der Waals surface area contributed by atoms with Gasteiger partial charge in [-0.2, -0.15) is 0 Å². The molecule has 0 bridgehead atoms. The monoisotopic (exact) mass is 255 g/mol. The Hall–Kier alpha value is -0.0513. The minimum absolute atomic E-state index is 0.389. The van der Waals surface area contributed by atoms with Crippen molar-refractivity contribution < 1.29 is 0 Å². The molecule has 0 atom stereocenters. The van der Waals surface area contributed by atoms with E-state index in [4.69, 9.17) is 0 Å². The first-order valence-electron chi connectivity index (χ1n) is 3.76. The zero-order valence-electron chi connectivity index (χ0n) is 7.26. The molecule has 0 aromatic carbocycles. The molecule has 0 aliphatic heterocycles. The van der Waals surface area contributed by atoms with Crippen molar-refractivity contribution in [2.75, 3.05) is 0 Å². The van der Waals surface area contributed by atoms with Gasteiger partial charge in [0.25, 0.3) is 0 Å². The Morgan fingerprint density at radius 3 is 2.18 bits per heavy atom. The van der Waals surface area contributed by atoms with Crippen LogP contribution in [0.3, 0.4) is 0 Å². The van der Waals surface area contributed by atoms with Gasteiger partial charge in [-0.1, -0.05) is 0 Å². The first kappa shape index (κ1) is 9.04. The van der Waals surface area contributed by atoms with Crippen LogP contribution in [0.2, 0.25) is 3.43 Å². The molecule has 0 saturated carbocycles. The van der Waals surface area contributed by atoms with Gasteiger partial charge in [-0.25, -0.2) is 0 Å². The molecule has 1 nitrogen and oxygen atoms in total. The van der Waals surface area contributed by atoms with Crippen molar-refractivity contribution in [3.63, 3.8) is 0 Å². The van der Waals surface area contributed by atoms with E-state index in [9.17, 15) is 0 Å². The third-order valence-electron chi connectivity index (χ3n) is 1.20. The first-order valence-corrected chi connectivity index (χ1v) is 6.61. The molecule has 2 heteroatoms. The average Bonchev–Trinajstić information content (AvgIpc) is 1.85. The molecule has 1 aromatic rings. The number of pyridine rings is 1. The average molecular weight is 254 g/mol. The van der Waals surface area contributed by atoms with E-state index >= 15 is 0 Å². The van der Waals surface area contributed by atoms with E-state index in [0.717, 1.165) is 0 Å². The predicted octanol–water partition coefficient (Wildman–Crippen LogP) is 1.63. The Balaban J connectivity index is 2.66. The molecule has 0 amide bonds. The summed E-state index contributed by atoms with van der Waals surface area (Å²) in [5.74, 6) is 0. The van der Waals surface area contributed by atoms with Gasteiger partial charge in [-0.3, -0.25) is 0 Å². The van der Waals surface area contributed by atoms with Crippen LogP contribution in [-0.2, 0) is 0 Å². The summed E-state index contributed by atoms with van der Waals surface area (Å²) in [6.07, 6.45) is 3.78. The summed E-state index contributed by atoms with van der Waals surface area (Å²) in [7, 11) is 0. The summed E-state index contributed by atoms with van der Waals surface area (Å²) in [5.41, 5.74) is 0. The van der Waals surface area contributed by atoms with E-state index < -0.39 is 0 Å². The van der Waals surface area contributed by atoms with Crippen molar-refractivity contribution in [2.45, 2.75) is 24.2 Å². The maximum atomic E-state index is 4.00. The molecule has 1 heterocycles. The zero-order valence-corrected chi connectivity index (χ0v) is 10.1. The fourth-order valence-corrected chi connectivity index (χ4v) is 4.24. The van der Waals surface area contributed by atoms with Crippen LogP contribution in [0, 0.1) is 0 Å². The minimum atomic E-state index is -0.389. The van der Waals surface area contributed by atoms with Gasteiger partial charge in [0.05, 0.1) is 0 Å². The molecule has 0 saturated heterocycles. The van der Waals surface area contributed by atoms with Crippen LogP contribution in [0.25, 0.3) is 0 Å². The summed E-state index contributed by atoms with van der Waals surface area (Å²) in [5, 5.41) is 0. The molecule has 2 radical (unpaired) electrons. The van der Waals surface area contributed by atoms with E-state index in [1.807, 2.05) is 12.4 Å². The van der Waals surface area contributed by atoms with Gasteiger partial charge in [-0.15, -0.1) is 0 Å². The summed E-state index contributed by atoms with van der Waals surface area (Å²) >= 11 is -0.389. The summed E-state index contributed by atoms with van der Waals surface area (Å²) < 4.78 is 2.08. The van der Waals surface area contributed by atoms with Crippen LogP contribution in [0.15, 0.2) is 24.5 Å². The SMILES string of the molecule is C[C](C)(C)[Sn][c]1ccncc1. The van der Waals surface area contributed by atoms with E-state index in [2.05, 4.69) is 37.9 Å². The quantitative estimate of drug-likeness (QED) is 0.694. The van der Waals surface area contributed by atoms with Crippen molar-refractivity contribution in [2.24, 2.45) is 0 Å². The molecule has 0 aliphatic rings. The van der Waals surface area contributed by atoms with Gasteiger partial charge in [0.15, 0.2) is 0 Å².